The van der Waals surface area contributed by atoms with Gasteiger partial charge in [0.05, 0.1) is 12.1 Å². The van der Waals surface area contributed by atoms with Crippen molar-refractivity contribution in [3.05, 3.63) is 24.3 Å². The number of piperidine rings is 1. The number of fused-ring (bicyclic) bond motifs is 1. The van der Waals surface area contributed by atoms with Crippen molar-refractivity contribution < 1.29 is 28.7 Å². The number of primary amides is 1. The maximum absolute atomic E-state index is 12.3. The lowest BCUT2D eigenvalue weighted by atomic mass is 10.0. The number of benzene rings is 1. The lowest BCUT2D eigenvalue weighted by Gasteiger charge is -2.33. The number of nitrogens with zero attached hydrogens (tertiary/aromatic N) is 2. The molecular weight excluding hydrogens is 366 g/mol. The predicted molar refractivity (Wildman–Crippen MR) is 98.4 cm³/mol. The fraction of sp³-hybridized carbons (Fsp3) is 0.474. The van der Waals surface area contributed by atoms with Gasteiger partial charge in [-0.15, -0.1) is 0 Å². The molecule has 1 saturated heterocycles. The zero-order valence-corrected chi connectivity index (χ0v) is 15.5. The van der Waals surface area contributed by atoms with Gasteiger partial charge in [0.1, 0.15) is 11.8 Å². The van der Waals surface area contributed by atoms with Gasteiger partial charge in [0.15, 0.2) is 13.2 Å². The average Bonchev–Trinajstić information content (AvgIpc) is 2.71. The standard InChI is InChI=1S/C19H23N3O6/c20-19(26)14-6-3-4-9-21(14)17(24)12-28-18(25)8-10-22-13-5-1-2-7-15(13)27-11-16(22)23/h1-2,5,7,14H,3-4,6,8-12H2,(H2,20,26)/t14-/m1/s1. The number of likely N-dealkylation sites (tertiary alicyclic amines) is 1. The second kappa shape index (κ2) is 8.73. The first kappa shape index (κ1) is 19.7. The molecule has 0 radical (unpaired) electrons. The van der Waals surface area contributed by atoms with Crippen LogP contribution in [0, 0.1) is 0 Å². The van der Waals surface area contributed by atoms with Crippen molar-refractivity contribution in [2.24, 2.45) is 5.73 Å². The number of ether oxygens (including phenoxy) is 2. The molecule has 2 N–H and O–H groups in total. The summed E-state index contributed by atoms with van der Waals surface area (Å²) in [4.78, 5) is 50.8. The van der Waals surface area contributed by atoms with E-state index in [0.717, 1.165) is 12.8 Å². The number of para-hydroxylation sites is 2. The number of nitrogens with two attached hydrogens (primary N) is 1. The Morgan fingerprint density at radius 2 is 2.00 bits per heavy atom. The summed E-state index contributed by atoms with van der Waals surface area (Å²) >= 11 is 0. The minimum Gasteiger partial charge on any atom is -0.482 e. The van der Waals surface area contributed by atoms with Crippen LogP contribution in [-0.4, -0.2) is 60.9 Å². The minimum absolute atomic E-state index is 0.0629. The molecule has 3 amide bonds. The van der Waals surface area contributed by atoms with E-state index in [1.165, 1.54) is 9.80 Å². The molecule has 0 spiro atoms. The quantitative estimate of drug-likeness (QED) is 0.695. The molecule has 1 aromatic rings. The highest BCUT2D eigenvalue weighted by Crippen LogP contribution is 2.31. The second-order valence-electron chi connectivity index (χ2n) is 6.71. The molecule has 2 aliphatic heterocycles. The summed E-state index contributed by atoms with van der Waals surface area (Å²) in [5, 5.41) is 0. The van der Waals surface area contributed by atoms with Gasteiger partial charge in [0.2, 0.25) is 5.91 Å². The molecule has 0 aromatic heterocycles. The van der Waals surface area contributed by atoms with Crippen molar-refractivity contribution in [1.82, 2.24) is 4.90 Å². The van der Waals surface area contributed by atoms with Crippen molar-refractivity contribution in [1.29, 1.82) is 0 Å². The third-order valence-corrected chi connectivity index (χ3v) is 4.86. The molecule has 3 rings (SSSR count). The number of anilines is 1. The van der Waals surface area contributed by atoms with Crippen LogP contribution in [0.4, 0.5) is 5.69 Å². The van der Waals surface area contributed by atoms with Crippen LogP contribution in [0.15, 0.2) is 24.3 Å². The molecule has 2 heterocycles. The van der Waals surface area contributed by atoms with Crippen LogP contribution in [0.3, 0.4) is 0 Å². The first-order valence-electron chi connectivity index (χ1n) is 9.24. The van der Waals surface area contributed by atoms with Gasteiger partial charge in [-0.05, 0) is 31.4 Å². The summed E-state index contributed by atoms with van der Waals surface area (Å²) < 4.78 is 10.4. The van der Waals surface area contributed by atoms with E-state index in [1.54, 1.807) is 24.3 Å². The highest BCUT2D eigenvalue weighted by Gasteiger charge is 2.31. The van der Waals surface area contributed by atoms with Gasteiger partial charge in [0.25, 0.3) is 11.8 Å². The number of hydrogen-bond acceptors (Lipinski definition) is 6. The Morgan fingerprint density at radius 1 is 1.21 bits per heavy atom. The summed E-state index contributed by atoms with van der Waals surface area (Å²) in [6.45, 7) is 0.00712. The molecule has 0 aliphatic carbocycles. The number of esters is 1. The van der Waals surface area contributed by atoms with Crippen molar-refractivity contribution in [3.63, 3.8) is 0 Å². The van der Waals surface area contributed by atoms with Crippen molar-refractivity contribution in [3.8, 4) is 5.75 Å². The molecule has 1 atom stereocenters. The molecule has 28 heavy (non-hydrogen) atoms. The van der Waals surface area contributed by atoms with E-state index in [1.807, 2.05) is 0 Å². The smallest absolute Gasteiger partial charge is 0.308 e. The van der Waals surface area contributed by atoms with E-state index in [4.69, 9.17) is 15.2 Å². The van der Waals surface area contributed by atoms with Gasteiger partial charge in [0, 0.05) is 13.1 Å². The third-order valence-electron chi connectivity index (χ3n) is 4.86. The number of carbonyl (C=O) groups is 4. The van der Waals surface area contributed by atoms with E-state index >= 15 is 0 Å². The van der Waals surface area contributed by atoms with Crippen molar-refractivity contribution in [2.45, 2.75) is 31.7 Å². The molecule has 1 aromatic carbocycles. The van der Waals surface area contributed by atoms with Gasteiger partial charge in [-0.1, -0.05) is 12.1 Å². The SMILES string of the molecule is NC(=O)[C@H]1CCCCN1C(=O)COC(=O)CCN1C(=O)COc2ccccc21. The Balaban J connectivity index is 1.50. The number of carbonyl (C=O) groups excluding carboxylic acids is 4. The number of rotatable bonds is 6. The molecule has 9 nitrogen and oxygen atoms in total. The average molecular weight is 389 g/mol. The predicted octanol–water partition coefficient (Wildman–Crippen LogP) is 0.212. The fourth-order valence-electron chi connectivity index (χ4n) is 3.43. The minimum atomic E-state index is -0.651. The van der Waals surface area contributed by atoms with Gasteiger partial charge < -0.3 is 25.0 Å². The lowest BCUT2D eigenvalue weighted by molar-refractivity contribution is -0.154. The summed E-state index contributed by atoms with van der Waals surface area (Å²) in [6, 6.07) is 6.41. The largest absolute Gasteiger partial charge is 0.482 e. The van der Waals surface area contributed by atoms with E-state index in [9.17, 15) is 19.2 Å². The molecule has 1 fully saturated rings. The number of amides is 3. The molecule has 9 heteroatoms. The first-order valence-corrected chi connectivity index (χ1v) is 9.24. The van der Waals surface area contributed by atoms with Crippen LogP contribution >= 0.6 is 0 Å². The van der Waals surface area contributed by atoms with Gasteiger partial charge >= 0.3 is 5.97 Å². The summed E-state index contributed by atoms with van der Waals surface area (Å²) in [5.41, 5.74) is 5.94. The molecule has 0 saturated carbocycles. The summed E-state index contributed by atoms with van der Waals surface area (Å²) in [6.07, 6.45) is 2.06. The van der Waals surface area contributed by atoms with Crippen molar-refractivity contribution >= 4 is 29.4 Å². The molecule has 2 aliphatic rings. The van der Waals surface area contributed by atoms with Crippen LogP contribution in [0.2, 0.25) is 0 Å². The Bertz CT molecular complexity index is 781. The zero-order chi connectivity index (χ0) is 20.1. The maximum atomic E-state index is 12.3. The molecule has 150 valence electrons. The number of hydrogen-bond donors (Lipinski definition) is 1. The Kier molecular flexibility index (Phi) is 6.13. The molecular formula is C19H23N3O6. The Hall–Kier alpha value is -3.10. The van der Waals surface area contributed by atoms with Crippen LogP contribution < -0.4 is 15.4 Å². The van der Waals surface area contributed by atoms with Crippen molar-refractivity contribution in [2.75, 3.05) is 31.2 Å². The second-order valence-corrected chi connectivity index (χ2v) is 6.71. The monoisotopic (exact) mass is 389 g/mol. The van der Waals surface area contributed by atoms with Gasteiger partial charge in [-0.2, -0.15) is 0 Å². The first-order chi connectivity index (χ1) is 13.5. The highest BCUT2D eigenvalue weighted by atomic mass is 16.5. The third kappa shape index (κ3) is 4.41. The van der Waals surface area contributed by atoms with Crippen LogP contribution in [0.25, 0.3) is 0 Å². The van der Waals surface area contributed by atoms with E-state index in [0.29, 0.717) is 24.4 Å². The molecule has 0 unspecified atom stereocenters. The normalized spacial score (nSPS) is 18.9. The van der Waals surface area contributed by atoms with E-state index in [-0.39, 0.29) is 25.5 Å². The summed E-state index contributed by atoms with van der Waals surface area (Å²) in [7, 11) is 0. The van der Waals surface area contributed by atoms with Crippen LogP contribution in [0.1, 0.15) is 25.7 Å². The Labute approximate surface area is 162 Å². The topological polar surface area (TPSA) is 119 Å². The zero-order valence-electron chi connectivity index (χ0n) is 15.5. The van der Waals surface area contributed by atoms with Gasteiger partial charge in [-0.3, -0.25) is 19.2 Å². The van der Waals surface area contributed by atoms with Crippen LogP contribution in [-0.2, 0) is 23.9 Å². The lowest BCUT2D eigenvalue weighted by Crippen LogP contribution is -2.51. The maximum Gasteiger partial charge on any atom is 0.308 e. The van der Waals surface area contributed by atoms with Crippen LogP contribution in [0.5, 0.6) is 5.75 Å². The Morgan fingerprint density at radius 3 is 2.79 bits per heavy atom. The van der Waals surface area contributed by atoms with Gasteiger partial charge in [-0.25, -0.2) is 0 Å². The van der Waals surface area contributed by atoms with E-state index in [2.05, 4.69) is 0 Å². The summed E-state index contributed by atoms with van der Waals surface area (Å²) in [5.74, 6) is -1.26. The molecule has 0 bridgehead atoms. The van der Waals surface area contributed by atoms with E-state index < -0.39 is 30.4 Å². The highest BCUT2D eigenvalue weighted by molar-refractivity contribution is 5.98. The fourth-order valence-corrected chi connectivity index (χ4v) is 3.43.